The fourth-order valence-electron chi connectivity index (χ4n) is 2.28. The second-order valence-electron chi connectivity index (χ2n) is 4.72. The van der Waals surface area contributed by atoms with Crippen LogP contribution in [-0.2, 0) is 16.0 Å². The summed E-state index contributed by atoms with van der Waals surface area (Å²) in [4.78, 5) is 44.1. The Kier molecular flexibility index (Phi) is 3.83. The lowest BCUT2D eigenvalue weighted by molar-refractivity contribution is -0.133. The third kappa shape index (κ3) is 2.59. The number of hydrogen-bond acceptors (Lipinski definition) is 5. The van der Waals surface area contributed by atoms with Crippen LogP contribution in [0.2, 0.25) is 0 Å². The maximum atomic E-state index is 12.3. The molecule has 1 aromatic rings. The minimum atomic E-state index is -1.14. The molecule has 0 radical (unpaired) electrons. The maximum absolute atomic E-state index is 12.3. The normalized spacial score (nSPS) is 16.7. The summed E-state index contributed by atoms with van der Waals surface area (Å²) in [5, 5.41) is 0. The van der Waals surface area contributed by atoms with E-state index in [1.807, 2.05) is 6.92 Å². The number of nitrogens with zero attached hydrogens (tertiary/aromatic N) is 2. The highest BCUT2D eigenvalue weighted by Gasteiger charge is 2.37. The minimum Gasteiger partial charge on any atom is -0.298 e. The third-order valence-electron chi connectivity index (χ3n) is 3.36. The van der Waals surface area contributed by atoms with Crippen molar-refractivity contribution in [3.8, 4) is 0 Å². The number of carbonyl (C=O) groups excluding carboxylic acids is 3. The Hall–Kier alpha value is -1.91. The Labute approximate surface area is 111 Å². The fraction of sp³-hybridized carbons (Fsp3) is 0.500. The molecule has 100 valence electrons. The van der Waals surface area contributed by atoms with E-state index in [2.05, 4.69) is 9.97 Å². The van der Waals surface area contributed by atoms with Gasteiger partial charge in [0.05, 0.1) is 11.3 Å². The first-order valence-corrected chi connectivity index (χ1v) is 6.46. The van der Waals surface area contributed by atoms with Crippen molar-refractivity contribution >= 4 is 17.3 Å². The van der Waals surface area contributed by atoms with Gasteiger partial charge in [0.1, 0.15) is 11.7 Å². The van der Waals surface area contributed by atoms with Gasteiger partial charge >= 0.3 is 0 Å². The van der Waals surface area contributed by atoms with Crippen molar-refractivity contribution in [1.82, 2.24) is 9.97 Å². The molecule has 2 rings (SSSR count). The highest BCUT2D eigenvalue weighted by Crippen LogP contribution is 2.22. The van der Waals surface area contributed by atoms with Crippen molar-refractivity contribution in [2.45, 2.75) is 39.5 Å². The van der Waals surface area contributed by atoms with Gasteiger partial charge in [-0.15, -0.1) is 0 Å². The van der Waals surface area contributed by atoms with E-state index in [0.717, 1.165) is 0 Å². The van der Waals surface area contributed by atoms with Crippen molar-refractivity contribution in [2.75, 3.05) is 0 Å². The molecule has 0 saturated heterocycles. The fourth-order valence-corrected chi connectivity index (χ4v) is 2.28. The topological polar surface area (TPSA) is 77.0 Å². The Morgan fingerprint density at radius 2 is 1.95 bits per heavy atom. The van der Waals surface area contributed by atoms with E-state index in [-0.39, 0.29) is 17.1 Å². The van der Waals surface area contributed by atoms with Crippen molar-refractivity contribution < 1.29 is 14.4 Å². The number of ketones is 3. The first kappa shape index (κ1) is 13.5. The third-order valence-corrected chi connectivity index (χ3v) is 3.36. The number of rotatable bonds is 3. The SMILES string of the molecule is CCc1ncc(C(=O)C2C(=O)CCCC2=O)c(C)n1. The smallest absolute Gasteiger partial charge is 0.184 e. The first-order valence-electron chi connectivity index (χ1n) is 6.46. The molecule has 1 aliphatic rings. The second kappa shape index (κ2) is 5.38. The van der Waals surface area contributed by atoms with Crippen LogP contribution in [0.5, 0.6) is 0 Å². The zero-order chi connectivity index (χ0) is 14.0. The Balaban J connectivity index is 2.33. The number of aryl methyl sites for hydroxylation is 2. The summed E-state index contributed by atoms with van der Waals surface area (Å²) >= 11 is 0. The average molecular weight is 260 g/mol. The highest BCUT2D eigenvalue weighted by atomic mass is 16.2. The van der Waals surface area contributed by atoms with Crippen molar-refractivity contribution in [2.24, 2.45) is 5.92 Å². The molecular formula is C14H16N2O3. The molecule has 0 aliphatic heterocycles. The summed E-state index contributed by atoms with van der Waals surface area (Å²) in [6.45, 7) is 3.62. The lowest BCUT2D eigenvalue weighted by Crippen LogP contribution is -2.35. The van der Waals surface area contributed by atoms with Gasteiger partial charge in [-0.25, -0.2) is 9.97 Å². The van der Waals surface area contributed by atoms with Gasteiger partial charge in [0.15, 0.2) is 17.3 Å². The summed E-state index contributed by atoms with van der Waals surface area (Å²) in [5.74, 6) is -1.49. The van der Waals surface area contributed by atoms with E-state index in [1.54, 1.807) is 6.92 Å². The Bertz CT molecular complexity index is 536. The molecule has 1 saturated carbocycles. The molecule has 1 fully saturated rings. The van der Waals surface area contributed by atoms with Gasteiger partial charge < -0.3 is 0 Å². The zero-order valence-electron chi connectivity index (χ0n) is 11.1. The van der Waals surface area contributed by atoms with Crippen molar-refractivity contribution in [1.29, 1.82) is 0 Å². The van der Waals surface area contributed by atoms with Crippen LogP contribution in [0.3, 0.4) is 0 Å². The van der Waals surface area contributed by atoms with E-state index in [9.17, 15) is 14.4 Å². The van der Waals surface area contributed by atoms with Crippen LogP contribution in [0.1, 0.15) is 48.1 Å². The van der Waals surface area contributed by atoms with E-state index in [0.29, 0.717) is 37.2 Å². The quantitative estimate of drug-likeness (QED) is 0.607. The molecule has 5 nitrogen and oxygen atoms in total. The molecular weight excluding hydrogens is 244 g/mol. The summed E-state index contributed by atoms with van der Waals surface area (Å²) in [6, 6.07) is 0. The number of aromatic nitrogens is 2. The first-order chi connectivity index (χ1) is 9.04. The van der Waals surface area contributed by atoms with Crippen LogP contribution in [0.25, 0.3) is 0 Å². The molecule has 5 heteroatoms. The van der Waals surface area contributed by atoms with Crippen LogP contribution in [0.4, 0.5) is 0 Å². The van der Waals surface area contributed by atoms with Crippen molar-refractivity contribution in [3.05, 3.63) is 23.3 Å². The van der Waals surface area contributed by atoms with E-state index >= 15 is 0 Å². The Morgan fingerprint density at radius 3 is 2.47 bits per heavy atom. The number of carbonyl (C=O) groups is 3. The summed E-state index contributed by atoms with van der Waals surface area (Å²) in [6.07, 6.45) is 3.26. The van der Waals surface area contributed by atoms with Gasteiger partial charge in [-0.1, -0.05) is 6.92 Å². The number of Topliss-reactive ketones (excluding diaryl/α,β-unsaturated/α-hetero) is 3. The maximum Gasteiger partial charge on any atom is 0.184 e. The van der Waals surface area contributed by atoms with Gasteiger partial charge in [-0.05, 0) is 13.3 Å². The molecule has 1 heterocycles. The van der Waals surface area contributed by atoms with Gasteiger partial charge in [0.2, 0.25) is 0 Å². The second-order valence-corrected chi connectivity index (χ2v) is 4.72. The van der Waals surface area contributed by atoms with Crippen LogP contribution >= 0.6 is 0 Å². The molecule has 0 atom stereocenters. The Morgan fingerprint density at radius 1 is 1.32 bits per heavy atom. The van der Waals surface area contributed by atoms with Gasteiger partial charge in [0.25, 0.3) is 0 Å². The number of hydrogen-bond donors (Lipinski definition) is 0. The highest BCUT2D eigenvalue weighted by molar-refractivity contribution is 6.25. The lowest BCUT2D eigenvalue weighted by Gasteiger charge is -2.18. The average Bonchev–Trinajstić information content (AvgIpc) is 2.38. The standard InChI is InChI=1S/C14H16N2O3/c1-3-12-15-7-9(8(2)16-12)14(19)13-10(17)5-4-6-11(13)18/h7,13H,3-6H2,1-2H3. The van der Waals surface area contributed by atoms with E-state index in [1.165, 1.54) is 6.20 Å². The summed E-state index contributed by atoms with van der Waals surface area (Å²) in [5.41, 5.74) is 0.814. The van der Waals surface area contributed by atoms with Gasteiger partial charge in [0, 0.05) is 25.5 Å². The van der Waals surface area contributed by atoms with Gasteiger partial charge in [-0.2, -0.15) is 0 Å². The largest absolute Gasteiger partial charge is 0.298 e. The minimum absolute atomic E-state index is 0.278. The molecule has 1 aromatic heterocycles. The predicted octanol–water partition coefficient (Wildman–Crippen LogP) is 1.47. The van der Waals surface area contributed by atoms with Crippen LogP contribution < -0.4 is 0 Å². The molecule has 0 N–H and O–H groups in total. The molecule has 0 amide bonds. The molecule has 0 unspecified atom stereocenters. The molecule has 19 heavy (non-hydrogen) atoms. The molecule has 0 aromatic carbocycles. The molecule has 0 bridgehead atoms. The van der Waals surface area contributed by atoms with Crippen LogP contribution in [0.15, 0.2) is 6.20 Å². The zero-order valence-corrected chi connectivity index (χ0v) is 11.1. The van der Waals surface area contributed by atoms with Crippen LogP contribution in [0, 0.1) is 12.8 Å². The van der Waals surface area contributed by atoms with E-state index < -0.39 is 11.7 Å². The predicted molar refractivity (Wildman–Crippen MR) is 67.8 cm³/mol. The molecule has 0 spiro atoms. The lowest BCUT2D eigenvalue weighted by atomic mass is 9.81. The summed E-state index contributed by atoms with van der Waals surface area (Å²) in [7, 11) is 0. The monoisotopic (exact) mass is 260 g/mol. The van der Waals surface area contributed by atoms with Gasteiger partial charge in [-0.3, -0.25) is 14.4 Å². The van der Waals surface area contributed by atoms with E-state index in [4.69, 9.17) is 0 Å². The molecule has 1 aliphatic carbocycles. The van der Waals surface area contributed by atoms with Crippen LogP contribution in [-0.4, -0.2) is 27.3 Å². The van der Waals surface area contributed by atoms with Crippen molar-refractivity contribution in [3.63, 3.8) is 0 Å². The summed E-state index contributed by atoms with van der Waals surface area (Å²) < 4.78 is 0.